The minimum Gasteiger partial charge on any atom is -0.502 e. The number of aliphatic hydroxyl groups is 1. The lowest BCUT2D eigenvalue weighted by Crippen LogP contribution is -2.28. The molecule has 1 aromatic rings. The van der Waals surface area contributed by atoms with Crippen LogP contribution in [-0.2, 0) is 0 Å². The van der Waals surface area contributed by atoms with Crippen molar-refractivity contribution in [3.05, 3.63) is 32.3 Å². The third-order valence-electron chi connectivity index (χ3n) is 3.11. The summed E-state index contributed by atoms with van der Waals surface area (Å²) in [4.78, 5) is 10.1. The second kappa shape index (κ2) is 6.04. The van der Waals surface area contributed by atoms with Crippen molar-refractivity contribution in [2.45, 2.75) is 25.0 Å². The minimum absolute atomic E-state index is 0. The van der Waals surface area contributed by atoms with E-state index >= 15 is 0 Å². The fraction of sp³-hybridized carbons (Fsp3) is 0.455. The summed E-state index contributed by atoms with van der Waals surface area (Å²) in [6.07, 6.45) is 1.00. The molecule has 2 rings (SSSR count). The predicted molar refractivity (Wildman–Crippen MR) is 75.4 cm³/mol. The lowest BCUT2D eigenvalue weighted by Gasteiger charge is -2.19. The number of aliphatic hydroxyl groups excluding tert-OH is 1. The van der Waals surface area contributed by atoms with Gasteiger partial charge in [-0.2, -0.15) is 0 Å². The summed E-state index contributed by atoms with van der Waals surface area (Å²) in [5, 5.41) is 30.6. The zero-order valence-electron chi connectivity index (χ0n) is 9.82. The van der Waals surface area contributed by atoms with Crippen molar-refractivity contribution < 1.29 is 15.1 Å². The first-order valence-electron chi connectivity index (χ1n) is 5.52. The monoisotopic (exact) mass is 352 g/mol. The number of nitro groups is 1. The van der Waals surface area contributed by atoms with Crippen molar-refractivity contribution >= 4 is 34.0 Å². The van der Waals surface area contributed by atoms with Crippen molar-refractivity contribution in [2.75, 3.05) is 0 Å². The molecule has 1 aliphatic carbocycles. The Morgan fingerprint density at radius 3 is 2.53 bits per heavy atom. The number of phenols is 1. The molecule has 19 heavy (non-hydrogen) atoms. The molecular weight excluding hydrogens is 339 g/mol. The summed E-state index contributed by atoms with van der Waals surface area (Å²) in [5.74, 6) is -0.354. The SMILES string of the molecule is Cl.N[C@H](c1cc(Br)cc([N+](=O)[O-])c1O)[C@@H](O)C1CC1. The van der Waals surface area contributed by atoms with E-state index < -0.39 is 28.5 Å². The molecule has 0 aromatic heterocycles. The molecule has 1 aliphatic rings. The first kappa shape index (κ1) is 16.2. The summed E-state index contributed by atoms with van der Waals surface area (Å²) < 4.78 is 0.445. The molecule has 8 heteroatoms. The number of phenolic OH excluding ortho intramolecular Hbond substituents is 1. The number of hydrogen-bond donors (Lipinski definition) is 3. The van der Waals surface area contributed by atoms with Crippen LogP contribution in [0.15, 0.2) is 16.6 Å². The molecule has 0 spiro atoms. The molecule has 0 bridgehead atoms. The van der Waals surface area contributed by atoms with E-state index in [1.165, 1.54) is 12.1 Å². The molecule has 0 amide bonds. The van der Waals surface area contributed by atoms with Gasteiger partial charge in [-0.15, -0.1) is 12.4 Å². The molecule has 1 fully saturated rings. The van der Waals surface area contributed by atoms with Gasteiger partial charge in [-0.3, -0.25) is 10.1 Å². The smallest absolute Gasteiger partial charge is 0.312 e. The van der Waals surface area contributed by atoms with E-state index in [4.69, 9.17) is 5.73 Å². The van der Waals surface area contributed by atoms with E-state index in [0.717, 1.165) is 12.8 Å². The first-order chi connectivity index (χ1) is 8.41. The standard InChI is InChI=1S/C11H13BrN2O4.ClH/c12-6-3-7(9(13)10(15)5-1-2-5)11(16)8(4-6)14(17)18;/h3-5,9-10,15-16H,1-2,13H2;1H/t9-,10+;/m1./s1. The van der Waals surface area contributed by atoms with Crippen LogP contribution in [-0.4, -0.2) is 21.2 Å². The van der Waals surface area contributed by atoms with E-state index in [9.17, 15) is 20.3 Å². The average molecular weight is 354 g/mol. The highest BCUT2D eigenvalue weighted by molar-refractivity contribution is 9.10. The molecule has 106 valence electrons. The van der Waals surface area contributed by atoms with Gasteiger partial charge in [0.2, 0.25) is 0 Å². The Hall–Kier alpha value is -0.890. The van der Waals surface area contributed by atoms with Gasteiger partial charge in [0.25, 0.3) is 0 Å². The van der Waals surface area contributed by atoms with Crippen LogP contribution in [0, 0.1) is 16.0 Å². The van der Waals surface area contributed by atoms with Crippen molar-refractivity contribution in [3.8, 4) is 5.75 Å². The van der Waals surface area contributed by atoms with Crippen LogP contribution in [0.2, 0.25) is 0 Å². The summed E-state index contributed by atoms with van der Waals surface area (Å²) in [7, 11) is 0. The molecule has 1 saturated carbocycles. The summed E-state index contributed by atoms with van der Waals surface area (Å²) in [5.41, 5.74) is 5.64. The number of nitrogens with zero attached hydrogens (tertiary/aromatic N) is 1. The van der Waals surface area contributed by atoms with E-state index in [-0.39, 0.29) is 23.9 Å². The van der Waals surface area contributed by atoms with Gasteiger partial charge in [-0.1, -0.05) is 15.9 Å². The van der Waals surface area contributed by atoms with E-state index in [1.807, 2.05) is 0 Å². The third-order valence-corrected chi connectivity index (χ3v) is 3.57. The average Bonchev–Trinajstić information content (AvgIpc) is 3.13. The summed E-state index contributed by atoms with van der Waals surface area (Å²) >= 11 is 3.13. The molecular formula is C11H14BrClN2O4. The maximum absolute atomic E-state index is 10.8. The molecule has 0 unspecified atom stereocenters. The number of benzene rings is 1. The van der Waals surface area contributed by atoms with Crippen LogP contribution >= 0.6 is 28.3 Å². The van der Waals surface area contributed by atoms with Crippen LogP contribution in [0.3, 0.4) is 0 Å². The Labute approximate surface area is 124 Å². The Morgan fingerprint density at radius 2 is 2.05 bits per heavy atom. The summed E-state index contributed by atoms with van der Waals surface area (Å²) in [6.45, 7) is 0. The summed E-state index contributed by atoms with van der Waals surface area (Å²) in [6, 6.07) is 1.88. The van der Waals surface area contributed by atoms with Gasteiger partial charge in [-0.05, 0) is 24.8 Å². The molecule has 0 saturated heterocycles. The van der Waals surface area contributed by atoms with Gasteiger partial charge < -0.3 is 15.9 Å². The number of aromatic hydroxyl groups is 1. The molecule has 4 N–H and O–H groups in total. The fourth-order valence-electron chi connectivity index (χ4n) is 1.91. The van der Waals surface area contributed by atoms with Gasteiger partial charge >= 0.3 is 5.69 Å². The first-order valence-corrected chi connectivity index (χ1v) is 6.31. The lowest BCUT2D eigenvalue weighted by atomic mass is 9.97. The lowest BCUT2D eigenvalue weighted by molar-refractivity contribution is -0.386. The maximum atomic E-state index is 10.8. The number of nitrogens with two attached hydrogens (primary N) is 1. The van der Waals surface area contributed by atoms with E-state index in [2.05, 4.69) is 15.9 Å². The van der Waals surface area contributed by atoms with Crippen LogP contribution in [0.1, 0.15) is 24.4 Å². The molecule has 0 aliphatic heterocycles. The van der Waals surface area contributed by atoms with Crippen molar-refractivity contribution in [1.82, 2.24) is 0 Å². The molecule has 2 atom stereocenters. The highest BCUT2D eigenvalue weighted by atomic mass is 79.9. The minimum atomic E-state index is -0.825. The van der Waals surface area contributed by atoms with Crippen molar-refractivity contribution in [3.63, 3.8) is 0 Å². The van der Waals surface area contributed by atoms with Gasteiger partial charge in [0.1, 0.15) is 0 Å². The quantitative estimate of drug-likeness (QED) is 0.568. The molecule has 6 nitrogen and oxygen atoms in total. The van der Waals surface area contributed by atoms with Crippen LogP contribution < -0.4 is 5.73 Å². The van der Waals surface area contributed by atoms with Crippen molar-refractivity contribution in [2.24, 2.45) is 11.7 Å². The Morgan fingerprint density at radius 1 is 1.47 bits per heavy atom. The van der Waals surface area contributed by atoms with Crippen LogP contribution in [0.5, 0.6) is 5.75 Å². The Kier molecular flexibility index (Phi) is 5.14. The van der Waals surface area contributed by atoms with Crippen LogP contribution in [0.25, 0.3) is 0 Å². The third kappa shape index (κ3) is 3.36. The zero-order valence-corrected chi connectivity index (χ0v) is 12.2. The van der Waals surface area contributed by atoms with E-state index in [0.29, 0.717) is 4.47 Å². The number of nitro benzene ring substituents is 1. The highest BCUT2D eigenvalue weighted by Gasteiger charge is 2.36. The second-order valence-corrected chi connectivity index (χ2v) is 5.39. The van der Waals surface area contributed by atoms with E-state index in [1.54, 1.807) is 0 Å². The largest absolute Gasteiger partial charge is 0.502 e. The van der Waals surface area contributed by atoms with Gasteiger partial charge in [-0.25, -0.2) is 0 Å². The van der Waals surface area contributed by atoms with Gasteiger partial charge in [0, 0.05) is 16.1 Å². The Balaban J connectivity index is 0.00000180. The Bertz CT molecular complexity index is 496. The second-order valence-electron chi connectivity index (χ2n) is 4.47. The molecule has 1 aromatic carbocycles. The van der Waals surface area contributed by atoms with Gasteiger partial charge in [0.05, 0.1) is 17.1 Å². The molecule has 0 heterocycles. The van der Waals surface area contributed by atoms with Gasteiger partial charge in [0.15, 0.2) is 5.75 Å². The normalized spacial score (nSPS) is 17.4. The zero-order chi connectivity index (χ0) is 13.4. The number of halogens is 2. The molecule has 0 radical (unpaired) electrons. The topological polar surface area (TPSA) is 110 Å². The maximum Gasteiger partial charge on any atom is 0.312 e. The fourth-order valence-corrected chi connectivity index (χ4v) is 2.38. The van der Waals surface area contributed by atoms with Crippen molar-refractivity contribution in [1.29, 1.82) is 0 Å². The number of rotatable bonds is 4. The predicted octanol–water partition coefficient (Wildman–Crippen LogP) is 2.26. The highest BCUT2D eigenvalue weighted by Crippen LogP contribution is 2.42. The number of hydrogen-bond acceptors (Lipinski definition) is 5. The van der Waals surface area contributed by atoms with Crippen LogP contribution in [0.4, 0.5) is 5.69 Å².